The maximum atomic E-state index is 14.2. The summed E-state index contributed by atoms with van der Waals surface area (Å²) in [5.41, 5.74) is -2.25. The van der Waals surface area contributed by atoms with Crippen LogP contribution in [0.15, 0.2) is 42.5 Å². The number of benzene rings is 3. The SMILES string of the molecule is COc1cccc2c1C(=O)c1c(O)c3c(c(O)c1C2=O)C[C@@](O)(C(=O)NCC[N+](C)(C)Cc1ccc(O)cc1)C[C@@H]3O[C@H]1C[C@H]2[C@H](O[C@@H]3[C@@H](OC)OCCN32)[C@H](C)O1. The highest BCUT2D eigenvalue weighted by Crippen LogP contribution is 2.53. The van der Waals surface area contributed by atoms with Crippen molar-refractivity contribution in [2.24, 2.45) is 0 Å². The number of ether oxygens (including phenoxy) is 6. The molecule has 8 atom stereocenters. The van der Waals surface area contributed by atoms with E-state index in [4.69, 9.17) is 28.4 Å². The molecule has 16 heteroatoms. The van der Waals surface area contributed by atoms with E-state index in [-0.39, 0.29) is 58.9 Å². The van der Waals surface area contributed by atoms with Gasteiger partial charge in [-0.2, -0.15) is 0 Å². The van der Waals surface area contributed by atoms with E-state index < -0.39 is 83.1 Å². The molecule has 8 rings (SSSR count). The second-order valence-corrected chi connectivity index (χ2v) is 16.4. The van der Waals surface area contributed by atoms with E-state index in [1.165, 1.54) is 19.2 Å². The predicted molar refractivity (Wildman–Crippen MR) is 203 cm³/mol. The van der Waals surface area contributed by atoms with Crippen LogP contribution in [0.4, 0.5) is 0 Å². The summed E-state index contributed by atoms with van der Waals surface area (Å²) in [6.07, 6.45) is -4.70. The molecule has 58 heavy (non-hydrogen) atoms. The summed E-state index contributed by atoms with van der Waals surface area (Å²) < 4.78 is 36.5. The Morgan fingerprint density at radius 1 is 1.00 bits per heavy atom. The third-order valence-corrected chi connectivity index (χ3v) is 12.2. The minimum atomic E-state index is -2.19. The van der Waals surface area contributed by atoms with Crippen molar-refractivity contribution in [1.29, 1.82) is 0 Å². The minimum absolute atomic E-state index is 0.0220. The lowest BCUT2D eigenvalue weighted by molar-refractivity contribution is -0.902. The van der Waals surface area contributed by atoms with Crippen LogP contribution in [-0.2, 0) is 41.4 Å². The van der Waals surface area contributed by atoms with Gasteiger partial charge in [0.05, 0.1) is 69.8 Å². The van der Waals surface area contributed by atoms with Gasteiger partial charge in [-0.15, -0.1) is 0 Å². The number of rotatable bonds is 10. The molecule has 0 spiro atoms. The van der Waals surface area contributed by atoms with E-state index in [2.05, 4.69) is 10.2 Å². The van der Waals surface area contributed by atoms with Gasteiger partial charge in [0, 0.05) is 61.2 Å². The summed E-state index contributed by atoms with van der Waals surface area (Å²) in [4.78, 5) is 44.5. The predicted octanol–water partition coefficient (Wildman–Crippen LogP) is 2.25. The summed E-state index contributed by atoms with van der Waals surface area (Å²) in [5, 5.41) is 48.8. The number of hydrogen-bond donors (Lipinski definition) is 5. The number of carbonyl (C=O) groups is 3. The molecule has 3 aromatic carbocycles. The van der Waals surface area contributed by atoms with Gasteiger partial charge in [-0.25, -0.2) is 0 Å². The standard InChI is InChI=1S/C42H49N3O13/c1-21-38-26(44-14-16-55-40(54-5)39(44)58-38)17-29(56-21)57-28-19-42(52,41(51)43-13-15-45(2,3)20-22-9-11-23(46)12-10-22)18-25-31(28)37(50)33-32(35(25)48)34(47)24-7-6-8-27(53-4)30(24)36(33)49/h6-12,21,26,28-29,38-40,52H,13-20H2,1-5H3,(H3-,43,46,47,48,49,50,51)/p+1/t21-,26-,28-,29-,38+,39+,40-,42-/m0/s1. The molecule has 0 aromatic heterocycles. The highest BCUT2D eigenvalue weighted by atomic mass is 16.7. The number of fused-ring (bicyclic) bond motifs is 6. The molecule has 5 aliphatic rings. The monoisotopic (exact) mass is 804 g/mol. The Hall–Kier alpha value is -4.65. The van der Waals surface area contributed by atoms with Gasteiger partial charge in [0.25, 0.3) is 5.91 Å². The zero-order chi connectivity index (χ0) is 41.3. The van der Waals surface area contributed by atoms with Crippen LogP contribution in [-0.4, -0.2) is 144 Å². The highest BCUT2D eigenvalue weighted by Gasteiger charge is 2.55. The summed E-state index contributed by atoms with van der Waals surface area (Å²) in [5.74, 6) is -3.15. The molecule has 0 bridgehead atoms. The average Bonchev–Trinajstić information content (AvgIpc) is 3.58. The van der Waals surface area contributed by atoms with Crippen molar-refractivity contribution in [2.45, 2.75) is 81.5 Å². The van der Waals surface area contributed by atoms with Crippen molar-refractivity contribution in [3.8, 4) is 23.0 Å². The Labute approximate surface area is 335 Å². The summed E-state index contributed by atoms with van der Waals surface area (Å²) in [7, 11) is 6.89. The smallest absolute Gasteiger partial charge is 0.252 e. The molecule has 3 aromatic rings. The van der Waals surface area contributed by atoms with Crippen LogP contribution < -0.4 is 10.1 Å². The summed E-state index contributed by atoms with van der Waals surface area (Å²) in [6, 6.07) is 11.2. The van der Waals surface area contributed by atoms with Crippen LogP contribution in [0.1, 0.15) is 74.4 Å². The fourth-order valence-corrected chi connectivity index (χ4v) is 9.31. The van der Waals surface area contributed by atoms with Crippen LogP contribution in [0.2, 0.25) is 0 Å². The van der Waals surface area contributed by atoms with E-state index in [1.54, 1.807) is 25.3 Å². The molecule has 310 valence electrons. The van der Waals surface area contributed by atoms with Crippen LogP contribution in [0, 0.1) is 0 Å². The first-order chi connectivity index (χ1) is 27.6. The number of ketones is 2. The number of amides is 1. The number of phenols is 3. The molecule has 0 radical (unpaired) electrons. The Morgan fingerprint density at radius 2 is 1.74 bits per heavy atom. The topological polar surface area (TPSA) is 203 Å². The van der Waals surface area contributed by atoms with Crippen molar-refractivity contribution in [2.75, 3.05) is 54.6 Å². The number of nitrogens with zero attached hydrogens (tertiary/aromatic N) is 2. The second-order valence-electron chi connectivity index (χ2n) is 16.4. The van der Waals surface area contributed by atoms with Gasteiger partial charge >= 0.3 is 0 Å². The van der Waals surface area contributed by atoms with Crippen molar-refractivity contribution >= 4 is 17.5 Å². The fraction of sp³-hybridized carbons (Fsp3) is 0.500. The third kappa shape index (κ3) is 6.90. The Bertz CT molecular complexity index is 2130. The Morgan fingerprint density at radius 3 is 2.47 bits per heavy atom. The number of quaternary nitrogens is 1. The summed E-state index contributed by atoms with van der Waals surface area (Å²) >= 11 is 0. The number of nitrogens with one attached hydrogen (secondary N) is 1. The molecule has 3 aliphatic heterocycles. The first-order valence-electron chi connectivity index (χ1n) is 19.5. The first-order valence-corrected chi connectivity index (χ1v) is 19.5. The summed E-state index contributed by atoms with van der Waals surface area (Å²) in [6.45, 7) is 4.10. The number of likely N-dealkylation sites (N-methyl/N-ethyl adjacent to an activating group) is 1. The lowest BCUT2D eigenvalue weighted by Gasteiger charge is -2.43. The van der Waals surface area contributed by atoms with Crippen LogP contribution >= 0.6 is 0 Å². The van der Waals surface area contributed by atoms with Crippen LogP contribution in [0.3, 0.4) is 0 Å². The van der Waals surface area contributed by atoms with Crippen LogP contribution in [0.5, 0.6) is 23.0 Å². The van der Waals surface area contributed by atoms with E-state index in [9.17, 15) is 34.8 Å². The van der Waals surface area contributed by atoms with Gasteiger partial charge in [-0.3, -0.25) is 19.3 Å². The maximum Gasteiger partial charge on any atom is 0.252 e. The molecule has 5 N–H and O–H groups in total. The van der Waals surface area contributed by atoms with Gasteiger partial charge in [0.2, 0.25) is 5.78 Å². The Balaban J connectivity index is 1.11. The molecule has 3 heterocycles. The van der Waals surface area contributed by atoms with E-state index >= 15 is 0 Å². The fourth-order valence-electron chi connectivity index (χ4n) is 9.31. The normalized spacial score (nSPS) is 29.2. The average molecular weight is 805 g/mol. The molecule has 3 saturated heterocycles. The van der Waals surface area contributed by atoms with Crippen molar-refractivity contribution < 1.29 is 67.7 Å². The van der Waals surface area contributed by atoms with Gasteiger partial charge in [-0.05, 0) is 37.3 Å². The quantitative estimate of drug-likeness (QED) is 0.115. The lowest BCUT2D eigenvalue weighted by atomic mass is 9.72. The Kier molecular flexibility index (Phi) is 10.5. The van der Waals surface area contributed by atoms with Gasteiger partial charge < -0.3 is 58.6 Å². The molecular weight excluding hydrogens is 754 g/mol. The zero-order valence-corrected chi connectivity index (χ0v) is 33.1. The molecule has 0 saturated carbocycles. The zero-order valence-electron chi connectivity index (χ0n) is 33.1. The largest absolute Gasteiger partial charge is 0.508 e. The maximum absolute atomic E-state index is 14.2. The van der Waals surface area contributed by atoms with E-state index in [1.807, 2.05) is 33.2 Å². The number of aliphatic hydroxyl groups is 1. The van der Waals surface area contributed by atoms with Gasteiger partial charge in [-0.1, -0.05) is 12.1 Å². The second kappa shape index (κ2) is 15.2. The molecule has 16 nitrogen and oxygen atoms in total. The number of hydrogen-bond acceptors (Lipinski definition) is 14. The first kappa shape index (κ1) is 40.1. The van der Waals surface area contributed by atoms with Crippen molar-refractivity contribution in [3.63, 3.8) is 0 Å². The van der Waals surface area contributed by atoms with Crippen molar-refractivity contribution in [3.05, 3.63) is 81.4 Å². The van der Waals surface area contributed by atoms with Crippen LogP contribution in [0.25, 0.3) is 0 Å². The third-order valence-electron chi connectivity index (χ3n) is 12.2. The van der Waals surface area contributed by atoms with Gasteiger partial charge in [0.15, 0.2) is 24.6 Å². The van der Waals surface area contributed by atoms with E-state index in [0.717, 1.165) is 5.56 Å². The van der Waals surface area contributed by atoms with Crippen molar-refractivity contribution in [1.82, 2.24) is 10.2 Å². The molecule has 2 aliphatic carbocycles. The van der Waals surface area contributed by atoms with E-state index in [0.29, 0.717) is 37.1 Å². The molecular formula is C42H50N3O13+. The lowest BCUT2D eigenvalue weighted by Crippen LogP contribution is -2.56. The number of aromatic hydroxyl groups is 3. The van der Waals surface area contributed by atoms with Gasteiger partial charge in [0.1, 0.15) is 41.2 Å². The minimum Gasteiger partial charge on any atom is -0.508 e. The molecule has 0 unspecified atom stereocenters. The number of carbonyl (C=O) groups excluding carboxylic acids is 3. The highest BCUT2D eigenvalue weighted by molar-refractivity contribution is 6.31. The molecule has 1 amide bonds. The number of morpholine rings is 1. The number of phenolic OH excluding ortho intramolecular Hbond substituents is 3. The molecule has 3 fully saturated rings. The number of methoxy groups -OCH3 is 2.